The van der Waals surface area contributed by atoms with Gasteiger partial charge in [-0.3, -0.25) is 0 Å². The fourth-order valence-electron chi connectivity index (χ4n) is 1.95. The number of benzene rings is 2. The number of para-hydroxylation sites is 1. The normalized spacial score (nSPS) is 11.9. The highest BCUT2D eigenvalue weighted by Gasteiger charge is 2.14. The number of anilines is 1. The lowest BCUT2D eigenvalue weighted by molar-refractivity contribution is 0.151. The molecule has 0 saturated heterocycles. The van der Waals surface area contributed by atoms with Crippen LogP contribution in [-0.4, -0.2) is 0 Å². The number of halogens is 2. The average molecular weight is 272 g/mol. The van der Waals surface area contributed by atoms with Gasteiger partial charge < -0.3 is 5.32 Å². The van der Waals surface area contributed by atoms with Crippen molar-refractivity contribution in [3.63, 3.8) is 0 Å². The lowest BCUT2D eigenvalue weighted by Gasteiger charge is -2.16. The third-order valence-electron chi connectivity index (χ3n) is 3.07. The molecule has 0 saturated carbocycles. The zero-order valence-electron chi connectivity index (χ0n) is 11.0. The van der Waals surface area contributed by atoms with E-state index in [2.05, 4.69) is 11.4 Å². The number of nitrogens with zero attached hydrogens (tertiary/aromatic N) is 1. The highest BCUT2D eigenvalue weighted by atomic mass is 19.3. The third-order valence-corrected chi connectivity index (χ3v) is 3.07. The van der Waals surface area contributed by atoms with Crippen molar-refractivity contribution in [2.24, 2.45) is 0 Å². The van der Waals surface area contributed by atoms with Crippen LogP contribution in [0, 0.1) is 18.3 Å². The number of hydrogen-bond acceptors (Lipinski definition) is 2. The van der Waals surface area contributed by atoms with Gasteiger partial charge in [0.15, 0.2) is 0 Å². The molecule has 0 bridgehead atoms. The minimum absolute atomic E-state index is 0.0747. The zero-order chi connectivity index (χ0) is 14.5. The molecule has 2 rings (SSSR count). The summed E-state index contributed by atoms with van der Waals surface area (Å²) in [5, 5.41) is 12.3. The van der Waals surface area contributed by atoms with Gasteiger partial charge in [0.05, 0.1) is 6.07 Å². The van der Waals surface area contributed by atoms with E-state index in [1.165, 1.54) is 12.1 Å². The van der Waals surface area contributed by atoms with Crippen molar-refractivity contribution in [3.05, 3.63) is 65.2 Å². The third kappa shape index (κ3) is 3.12. The van der Waals surface area contributed by atoms with Crippen molar-refractivity contribution >= 4 is 5.69 Å². The van der Waals surface area contributed by atoms with Crippen molar-refractivity contribution < 1.29 is 8.78 Å². The van der Waals surface area contributed by atoms with E-state index >= 15 is 0 Å². The van der Waals surface area contributed by atoms with Gasteiger partial charge in [-0.15, -0.1) is 0 Å². The molecule has 0 fully saturated rings. The molecule has 1 unspecified atom stereocenters. The Labute approximate surface area is 116 Å². The lowest BCUT2D eigenvalue weighted by atomic mass is 10.0. The van der Waals surface area contributed by atoms with Crippen LogP contribution in [0.2, 0.25) is 0 Å². The summed E-state index contributed by atoms with van der Waals surface area (Å²) in [4.78, 5) is 0. The van der Waals surface area contributed by atoms with E-state index in [-0.39, 0.29) is 5.56 Å². The van der Waals surface area contributed by atoms with Gasteiger partial charge in [0, 0.05) is 11.3 Å². The van der Waals surface area contributed by atoms with Gasteiger partial charge in [0.2, 0.25) is 0 Å². The van der Waals surface area contributed by atoms with E-state index in [0.717, 1.165) is 11.3 Å². The zero-order valence-corrected chi connectivity index (χ0v) is 11.0. The van der Waals surface area contributed by atoms with Gasteiger partial charge in [0.25, 0.3) is 6.43 Å². The van der Waals surface area contributed by atoms with Gasteiger partial charge in [0.1, 0.15) is 6.04 Å². The molecule has 20 heavy (non-hydrogen) atoms. The predicted octanol–water partition coefficient (Wildman–Crippen LogP) is 4.61. The minimum Gasteiger partial charge on any atom is -0.366 e. The number of nitriles is 1. The van der Waals surface area contributed by atoms with Crippen LogP contribution in [0.25, 0.3) is 0 Å². The summed E-state index contributed by atoms with van der Waals surface area (Å²) in [6.07, 6.45) is -2.53. The van der Waals surface area contributed by atoms with E-state index in [1.807, 2.05) is 31.2 Å². The van der Waals surface area contributed by atoms with Crippen LogP contribution < -0.4 is 5.32 Å². The molecule has 0 aliphatic heterocycles. The summed E-state index contributed by atoms with van der Waals surface area (Å²) in [5.74, 6) is 0. The van der Waals surface area contributed by atoms with Gasteiger partial charge in [-0.05, 0) is 30.2 Å². The molecule has 0 aliphatic rings. The Kier molecular flexibility index (Phi) is 4.31. The van der Waals surface area contributed by atoms with Crippen molar-refractivity contribution in [3.8, 4) is 6.07 Å². The molecule has 2 aromatic carbocycles. The Morgan fingerprint density at radius 1 is 1.05 bits per heavy atom. The summed E-state index contributed by atoms with van der Waals surface area (Å²) < 4.78 is 25.4. The molecule has 1 atom stereocenters. The Morgan fingerprint density at radius 2 is 1.75 bits per heavy atom. The van der Waals surface area contributed by atoms with Gasteiger partial charge in [-0.2, -0.15) is 5.26 Å². The molecule has 0 aliphatic carbocycles. The van der Waals surface area contributed by atoms with Gasteiger partial charge in [-0.25, -0.2) is 8.78 Å². The average Bonchev–Trinajstić information content (AvgIpc) is 2.46. The molecule has 0 aromatic heterocycles. The summed E-state index contributed by atoms with van der Waals surface area (Å²) in [5.41, 5.74) is 2.28. The van der Waals surface area contributed by atoms with Gasteiger partial charge >= 0.3 is 0 Å². The topological polar surface area (TPSA) is 35.8 Å². The predicted molar refractivity (Wildman–Crippen MR) is 74.6 cm³/mol. The molecule has 0 spiro atoms. The molecule has 1 N–H and O–H groups in total. The Hall–Kier alpha value is -2.41. The lowest BCUT2D eigenvalue weighted by Crippen LogP contribution is -2.09. The number of rotatable bonds is 4. The van der Waals surface area contributed by atoms with Crippen molar-refractivity contribution in [2.45, 2.75) is 19.4 Å². The first kappa shape index (κ1) is 14.0. The molecule has 0 radical (unpaired) electrons. The van der Waals surface area contributed by atoms with Crippen molar-refractivity contribution in [2.75, 3.05) is 5.32 Å². The molecular weight excluding hydrogens is 258 g/mol. The van der Waals surface area contributed by atoms with E-state index in [9.17, 15) is 14.0 Å². The van der Waals surface area contributed by atoms with Crippen LogP contribution in [-0.2, 0) is 0 Å². The number of alkyl halides is 2. The Balaban J connectivity index is 2.27. The van der Waals surface area contributed by atoms with Crippen LogP contribution in [0.5, 0.6) is 0 Å². The molecule has 4 heteroatoms. The molecule has 102 valence electrons. The van der Waals surface area contributed by atoms with Crippen LogP contribution in [0.15, 0.2) is 48.5 Å². The van der Waals surface area contributed by atoms with Crippen molar-refractivity contribution in [1.29, 1.82) is 5.26 Å². The fraction of sp³-hybridized carbons (Fsp3) is 0.188. The number of nitrogens with one attached hydrogen (secondary N) is 1. The molecule has 2 nitrogen and oxygen atoms in total. The smallest absolute Gasteiger partial charge is 0.263 e. The Morgan fingerprint density at radius 3 is 2.40 bits per heavy atom. The van der Waals surface area contributed by atoms with E-state index in [4.69, 9.17) is 0 Å². The summed E-state index contributed by atoms with van der Waals surface area (Å²) in [7, 11) is 0. The SMILES string of the molecule is Cc1ccccc1NC(C#N)c1cccc(C(F)F)c1. The summed E-state index contributed by atoms with van der Waals surface area (Å²) in [6.45, 7) is 1.92. The number of hydrogen-bond donors (Lipinski definition) is 1. The second-order valence-electron chi connectivity index (χ2n) is 4.49. The van der Waals surface area contributed by atoms with Crippen LogP contribution >= 0.6 is 0 Å². The first-order valence-corrected chi connectivity index (χ1v) is 6.21. The molecule has 2 aromatic rings. The van der Waals surface area contributed by atoms with Crippen LogP contribution in [0.4, 0.5) is 14.5 Å². The summed E-state index contributed by atoms with van der Waals surface area (Å²) in [6, 6.07) is 14.9. The first-order valence-electron chi connectivity index (χ1n) is 6.21. The second kappa shape index (κ2) is 6.16. The maximum absolute atomic E-state index is 12.7. The second-order valence-corrected chi connectivity index (χ2v) is 4.49. The van der Waals surface area contributed by atoms with Gasteiger partial charge in [-0.1, -0.05) is 36.4 Å². The Bertz CT molecular complexity index is 632. The fourth-order valence-corrected chi connectivity index (χ4v) is 1.95. The quantitative estimate of drug-likeness (QED) is 0.882. The maximum Gasteiger partial charge on any atom is 0.263 e. The monoisotopic (exact) mass is 272 g/mol. The largest absolute Gasteiger partial charge is 0.366 e. The number of aryl methyl sites for hydroxylation is 1. The minimum atomic E-state index is -2.53. The van der Waals surface area contributed by atoms with E-state index in [1.54, 1.807) is 12.1 Å². The van der Waals surface area contributed by atoms with E-state index in [0.29, 0.717) is 5.56 Å². The highest BCUT2D eigenvalue weighted by Crippen LogP contribution is 2.25. The molecule has 0 heterocycles. The maximum atomic E-state index is 12.7. The summed E-state index contributed by atoms with van der Waals surface area (Å²) >= 11 is 0. The first-order chi connectivity index (χ1) is 9.61. The standard InChI is InChI=1S/C16H14F2N2/c1-11-5-2-3-8-14(11)20-15(10-19)12-6-4-7-13(9-12)16(17)18/h2-9,15-16,20H,1H3. The van der Waals surface area contributed by atoms with Crippen LogP contribution in [0.1, 0.15) is 29.2 Å². The molecule has 0 amide bonds. The highest BCUT2D eigenvalue weighted by molar-refractivity contribution is 5.53. The van der Waals surface area contributed by atoms with E-state index < -0.39 is 12.5 Å². The molecular formula is C16H14F2N2. The van der Waals surface area contributed by atoms with Crippen LogP contribution in [0.3, 0.4) is 0 Å². The van der Waals surface area contributed by atoms with Crippen molar-refractivity contribution in [1.82, 2.24) is 0 Å².